The molecule has 0 radical (unpaired) electrons. The maximum atomic E-state index is 13.2. The minimum Gasteiger partial charge on any atom is -0.344 e. The third kappa shape index (κ3) is 1.56. The molecule has 18 heavy (non-hydrogen) atoms. The number of nitrogens with zero attached hydrogens (tertiary/aromatic N) is 2. The number of amides is 1. The van der Waals surface area contributed by atoms with Crippen LogP contribution in [0.4, 0.5) is 4.39 Å². The van der Waals surface area contributed by atoms with Crippen LogP contribution in [0.15, 0.2) is 18.2 Å². The van der Waals surface area contributed by atoms with E-state index in [-0.39, 0.29) is 17.8 Å². The van der Waals surface area contributed by atoms with Gasteiger partial charge in [-0.05, 0) is 36.8 Å². The van der Waals surface area contributed by atoms with Gasteiger partial charge < -0.3 is 14.5 Å². The predicted octanol–water partition coefficient (Wildman–Crippen LogP) is 2.24. The first-order chi connectivity index (χ1) is 8.58. The van der Waals surface area contributed by atoms with Crippen LogP contribution >= 0.6 is 12.2 Å². The molecule has 1 aliphatic rings. The summed E-state index contributed by atoms with van der Waals surface area (Å²) in [6, 6.07) is 4.15. The number of benzene rings is 1. The quantitative estimate of drug-likeness (QED) is 0.803. The van der Waals surface area contributed by atoms with Gasteiger partial charge in [0.15, 0.2) is 4.77 Å². The number of fused-ring (bicyclic) bond motifs is 1. The van der Waals surface area contributed by atoms with E-state index < -0.39 is 0 Å². The topological polar surface area (TPSA) is 41.0 Å². The summed E-state index contributed by atoms with van der Waals surface area (Å²) in [7, 11) is 1.78. The normalized spacial score (nSPS) is 20.0. The molecule has 1 aromatic heterocycles. The minimum atomic E-state index is -0.319. The molecule has 1 aliphatic heterocycles. The largest absolute Gasteiger partial charge is 0.344 e. The highest BCUT2D eigenvalue weighted by Crippen LogP contribution is 2.27. The number of imidazole rings is 1. The third-order valence-electron chi connectivity index (χ3n) is 3.39. The van der Waals surface area contributed by atoms with Crippen molar-refractivity contribution in [3.05, 3.63) is 28.8 Å². The van der Waals surface area contributed by atoms with Gasteiger partial charge in [-0.2, -0.15) is 0 Å². The molecule has 2 heterocycles. The maximum Gasteiger partial charge on any atom is 0.245 e. The van der Waals surface area contributed by atoms with Gasteiger partial charge in [0.2, 0.25) is 5.91 Å². The summed E-state index contributed by atoms with van der Waals surface area (Å²) >= 11 is 5.24. The fourth-order valence-corrected chi connectivity index (χ4v) is 2.79. The van der Waals surface area contributed by atoms with Crippen LogP contribution in [0, 0.1) is 10.6 Å². The fourth-order valence-electron chi connectivity index (χ4n) is 2.46. The molecule has 1 atom stereocenters. The Balaban J connectivity index is 2.20. The van der Waals surface area contributed by atoms with Gasteiger partial charge in [-0.15, -0.1) is 0 Å². The molecular formula is C12H12FN3OS. The minimum absolute atomic E-state index is 0.0522. The SMILES string of the molecule is CN1CCC(n2c(=S)[nH]c3cc(F)ccc32)C1=O. The summed E-state index contributed by atoms with van der Waals surface area (Å²) in [4.78, 5) is 16.7. The average molecular weight is 265 g/mol. The Bertz CT molecular complexity index is 690. The lowest BCUT2D eigenvalue weighted by Crippen LogP contribution is -2.24. The first-order valence-electron chi connectivity index (χ1n) is 5.72. The molecule has 1 N–H and O–H groups in total. The first kappa shape index (κ1) is 11.4. The van der Waals surface area contributed by atoms with Gasteiger partial charge in [0.1, 0.15) is 11.9 Å². The molecule has 3 rings (SSSR count). The second-order valence-corrected chi connectivity index (χ2v) is 4.91. The van der Waals surface area contributed by atoms with Crippen LogP contribution in [0.25, 0.3) is 11.0 Å². The maximum absolute atomic E-state index is 13.2. The van der Waals surface area contributed by atoms with Crippen LogP contribution in [-0.2, 0) is 4.79 Å². The van der Waals surface area contributed by atoms with Gasteiger partial charge in [0.05, 0.1) is 11.0 Å². The number of H-pyrrole nitrogens is 1. The highest BCUT2D eigenvalue weighted by molar-refractivity contribution is 7.71. The molecule has 1 saturated heterocycles. The van der Waals surface area contributed by atoms with Crippen molar-refractivity contribution in [1.29, 1.82) is 0 Å². The summed E-state index contributed by atoms with van der Waals surface area (Å²) < 4.78 is 15.4. The molecule has 6 heteroatoms. The Morgan fingerprint density at radius 3 is 2.94 bits per heavy atom. The van der Waals surface area contributed by atoms with Gasteiger partial charge >= 0.3 is 0 Å². The number of carbonyl (C=O) groups is 1. The van der Waals surface area contributed by atoms with E-state index in [4.69, 9.17) is 12.2 Å². The molecule has 0 bridgehead atoms. The fraction of sp³-hybridized carbons (Fsp3) is 0.333. The highest BCUT2D eigenvalue weighted by Gasteiger charge is 2.31. The molecule has 0 spiro atoms. The Morgan fingerprint density at radius 1 is 1.50 bits per heavy atom. The van der Waals surface area contributed by atoms with Crippen molar-refractivity contribution in [1.82, 2.24) is 14.5 Å². The van der Waals surface area contributed by atoms with Crippen molar-refractivity contribution in [2.45, 2.75) is 12.5 Å². The molecule has 4 nitrogen and oxygen atoms in total. The molecule has 0 aliphatic carbocycles. The van der Waals surface area contributed by atoms with E-state index in [1.165, 1.54) is 12.1 Å². The van der Waals surface area contributed by atoms with Gasteiger partial charge in [-0.1, -0.05) is 0 Å². The molecule has 1 unspecified atom stereocenters. The highest BCUT2D eigenvalue weighted by atomic mass is 32.1. The summed E-state index contributed by atoms with van der Waals surface area (Å²) in [5.74, 6) is -0.267. The van der Waals surface area contributed by atoms with Crippen molar-refractivity contribution in [2.24, 2.45) is 0 Å². The van der Waals surface area contributed by atoms with E-state index in [2.05, 4.69) is 4.98 Å². The predicted molar refractivity (Wildman–Crippen MR) is 68.4 cm³/mol. The molecule has 1 amide bonds. The number of rotatable bonds is 1. The summed E-state index contributed by atoms with van der Waals surface area (Å²) in [6.07, 6.45) is 0.730. The van der Waals surface area contributed by atoms with Crippen LogP contribution in [-0.4, -0.2) is 34.0 Å². The third-order valence-corrected chi connectivity index (χ3v) is 3.69. The van der Waals surface area contributed by atoms with E-state index in [0.29, 0.717) is 10.3 Å². The number of hydrogen-bond donors (Lipinski definition) is 1. The molecule has 1 aromatic carbocycles. The van der Waals surface area contributed by atoms with Gasteiger partial charge in [-0.3, -0.25) is 4.79 Å². The van der Waals surface area contributed by atoms with E-state index >= 15 is 0 Å². The molecule has 94 valence electrons. The van der Waals surface area contributed by atoms with E-state index in [9.17, 15) is 9.18 Å². The molecule has 2 aromatic rings. The Kier molecular flexibility index (Phi) is 2.48. The van der Waals surface area contributed by atoms with Crippen LogP contribution in [0.1, 0.15) is 12.5 Å². The number of halogens is 1. The van der Waals surface area contributed by atoms with Crippen molar-refractivity contribution < 1.29 is 9.18 Å². The lowest BCUT2D eigenvalue weighted by molar-refractivity contribution is -0.129. The van der Waals surface area contributed by atoms with Crippen molar-refractivity contribution in [3.63, 3.8) is 0 Å². The summed E-state index contributed by atoms with van der Waals surface area (Å²) in [6.45, 7) is 0.721. The number of aromatic amines is 1. The summed E-state index contributed by atoms with van der Waals surface area (Å²) in [5.41, 5.74) is 1.40. The number of nitrogens with one attached hydrogen (secondary N) is 1. The monoisotopic (exact) mass is 265 g/mol. The number of aromatic nitrogens is 2. The average Bonchev–Trinajstić information content (AvgIpc) is 2.80. The second kappa shape index (κ2) is 3.91. The number of hydrogen-bond acceptors (Lipinski definition) is 2. The van der Waals surface area contributed by atoms with Crippen molar-refractivity contribution in [3.8, 4) is 0 Å². The van der Waals surface area contributed by atoms with E-state index in [1.807, 2.05) is 0 Å². The number of likely N-dealkylation sites (tertiary alicyclic amines) is 1. The van der Waals surface area contributed by atoms with E-state index in [1.54, 1.807) is 22.6 Å². The van der Waals surface area contributed by atoms with Gasteiger partial charge in [0, 0.05) is 13.6 Å². The smallest absolute Gasteiger partial charge is 0.245 e. The van der Waals surface area contributed by atoms with Crippen LogP contribution in [0.3, 0.4) is 0 Å². The van der Waals surface area contributed by atoms with Crippen molar-refractivity contribution in [2.75, 3.05) is 13.6 Å². The lowest BCUT2D eigenvalue weighted by Gasteiger charge is -2.12. The zero-order chi connectivity index (χ0) is 12.9. The van der Waals surface area contributed by atoms with Crippen molar-refractivity contribution >= 4 is 29.2 Å². The zero-order valence-electron chi connectivity index (χ0n) is 9.81. The van der Waals surface area contributed by atoms with E-state index in [0.717, 1.165) is 18.5 Å². The molecule has 0 saturated carbocycles. The number of carbonyl (C=O) groups excluding carboxylic acids is 1. The second-order valence-electron chi connectivity index (χ2n) is 4.53. The molecular weight excluding hydrogens is 253 g/mol. The van der Waals surface area contributed by atoms with Crippen LogP contribution in [0.2, 0.25) is 0 Å². The Labute approximate surface area is 108 Å². The Morgan fingerprint density at radius 2 is 2.28 bits per heavy atom. The van der Waals surface area contributed by atoms with Crippen LogP contribution < -0.4 is 0 Å². The summed E-state index contributed by atoms with van der Waals surface area (Å²) in [5, 5.41) is 0. The first-order valence-corrected chi connectivity index (χ1v) is 6.13. The molecule has 1 fully saturated rings. The zero-order valence-corrected chi connectivity index (χ0v) is 10.6. The Hall–Kier alpha value is -1.69. The number of likely N-dealkylation sites (N-methyl/N-ethyl adjacent to an activating group) is 1. The van der Waals surface area contributed by atoms with Gasteiger partial charge in [-0.25, -0.2) is 4.39 Å². The standard InChI is InChI=1S/C12H12FN3OS/c1-15-5-4-10(11(15)17)16-9-3-2-7(13)6-8(9)14-12(16)18/h2-3,6,10H,4-5H2,1H3,(H,14,18). The van der Waals surface area contributed by atoms with Crippen LogP contribution in [0.5, 0.6) is 0 Å². The lowest BCUT2D eigenvalue weighted by atomic mass is 10.2. The van der Waals surface area contributed by atoms with Gasteiger partial charge in [0.25, 0.3) is 0 Å².